The van der Waals surface area contributed by atoms with E-state index in [-0.39, 0.29) is 0 Å². The van der Waals surface area contributed by atoms with Gasteiger partial charge in [0.2, 0.25) is 0 Å². The van der Waals surface area contributed by atoms with Gasteiger partial charge in [0, 0.05) is 33.3 Å². The molecule has 0 heterocycles. The Bertz CT molecular complexity index is 305. The Balaban J connectivity index is 2.22. The molecule has 0 unspecified atom stereocenters. The van der Waals surface area contributed by atoms with Crippen molar-refractivity contribution in [2.45, 2.75) is 39.5 Å². The van der Waals surface area contributed by atoms with Crippen LogP contribution in [0.3, 0.4) is 0 Å². The molecule has 0 aliphatic heterocycles. The van der Waals surface area contributed by atoms with Gasteiger partial charge in [0.1, 0.15) is 0 Å². The van der Waals surface area contributed by atoms with Crippen molar-refractivity contribution in [3.63, 3.8) is 0 Å². The van der Waals surface area contributed by atoms with Gasteiger partial charge >= 0.3 is 0 Å². The third-order valence-corrected chi connectivity index (χ3v) is 3.95. The summed E-state index contributed by atoms with van der Waals surface area (Å²) in [7, 11) is 4.26. The summed E-state index contributed by atoms with van der Waals surface area (Å²) in [6, 6.07) is 0. The predicted octanol–water partition coefficient (Wildman–Crippen LogP) is 2.04. The van der Waals surface area contributed by atoms with Crippen LogP contribution in [0, 0.1) is 5.92 Å². The lowest BCUT2D eigenvalue weighted by atomic mass is 10.3. The summed E-state index contributed by atoms with van der Waals surface area (Å²) in [5.41, 5.74) is 0. The molecule has 0 aromatic heterocycles. The zero-order chi connectivity index (χ0) is 16.2. The second kappa shape index (κ2) is 11.7. The largest absolute Gasteiger partial charge is 0.379 e. The fourth-order valence-electron chi connectivity index (χ4n) is 2.18. The van der Waals surface area contributed by atoms with Gasteiger partial charge in [-0.2, -0.15) is 0 Å². The van der Waals surface area contributed by atoms with Crippen LogP contribution >= 0.6 is 0 Å². The molecule has 0 aromatic carbocycles. The molecule has 1 aliphatic rings. The third-order valence-electron chi connectivity index (χ3n) is 3.95. The minimum atomic E-state index is 0.786. The second-order valence-corrected chi connectivity index (χ2v) is 6.33. The molecule has 130 valence electrons. The van der Waals surface area contributed by atoms with Gasteiger partial charge in [-0.05, 0) is 45.7 Å². The maximum absolute atomic E-state index is 5.71. The molecule has 5 nitrogen and oxygen atoms in total. The highest BCUT2D eigenvalue weighted by Crippen LogP contribution is 2.28. The van der Waals surface area contributed by atoms with Gasteiger partial charge in [-0.1, -0.05) is 13.3 Å². The summed E-state index contributed by atoms with van der Waals surface area (Å²) in [5, 5.41) is 3.36. The lowest BCUT2D eigenvalue weighted by Gasteiger charge is -2.22. The van der Waals surface area contributed by atoms with Crippen LogP contribution in [0.25, 0.3) is 0 Å². The van der Waals surface area contributed by atoms with Gasteiger partial charge in [-0.25, -0.2) is 0 Å². The summed E-state index contributed by atoms with van der Waals surface area (Å²) in [6.07, 6.45) is 5.22. The standard InChI is InChI=1S/C17H36N4O/c1-5-7-11-20(3)12-10-19-17(18-6-2)21(4)13-14-22-15-16-8-9-16/h16H,5-15H2,1-4H3,(H,18,19). The first-order valence-electron chi connectivity index (χ1n) is 8.93. The Labute approximate surface area is 137 Å². The van der Waals surface area contributed by atoms with E-state index in [9.17, 15) is 0 Å². The molecule has 5 heteroatoms. The van der Waals surface area contributed by atoms with E-state index in [0.717, 1.165) is 57.8 Å². The molecular formula is C17H36N4O. The van der Waals surface area contributed by atoms with Crippen molar-refractivity contribution < 1.29 is 4.74 Å². The minimum absolute atomic E-state index is 0.786. The Morgan fingerprint density at radius 3 is 2.59 bits per heavy atom. The van der Waals surface area contributed by atoms with Crippen molar-refractivity contribution in [2.75, 3.05) is 60.0 Å². The summed E-state index contributed by atoms with van der Waals surface area (Å²) < 4.78 is 5.71. The van der Waals surface area contributed by atoms with Crippen LogP contribution < -0.4 is 5.32 Å². The average Bonchev–Trinajstić information content (AvgIpc) is 3.32. The number of ether oxygens (including phenoxy) is 1. The van der Waals surface area contributed by atoms with Crippen molar-refractivity contribution in [3.05, 3.63) is 0 Å². The molecule has 0 spiro atoms. The first-order chi connectivity index (χ1) is 10.7. The van der Waals surface area contributed by atoms with Gasteiger partial charge in [0.25, 0.3) is 0 Å². The topological polar surface area (TPSA) is 40.1 Å². The molecule has 0 saturated heterocycles. The minimum Gasteiger partial charge on any atom is -0.379 e. The Morgan fingerprint density at radius 2 is 1.95 bits per heavy atom. The number of nitrogens with one attached hydrogen (secondary N) is 1. The first kappa shape index (κ1) is 19.2. The molecule has 1 N–H and O–H groups in total. The lowest BCUT2D eigenvalue weighted by Crippen LogP contribution is -2.41. The SMILES string of the molecule is CCCCN(C)CCN=C(NCC)N(C)CCOCC1CC1. The number of nitrogens with zero attached hydrogens (tertiary/aromatic N) is 3. The van der Waals surface area contributed by atoms with E-state index in [1.54, 1.807) is 0 Å². The van der Waals surface area contributed by atoms with Crippen molar-refractivity contribution in [1.29, 1.82) is 0 Å². The van der Waals surface area contributed by atoms with Crippen LogP contribution in [0.4, 0.5) is 0 Å². The van der Waals surface area contributed by atoms with E-state index < -0.39 is 0 Å². The van der Waals surface area contributed by atoms with Crippen LogP contribution in [-0.2, 0) is 4.74 Å². The summed E-state index contributed by atoms with van der Waals surface area (Å²) in [6.45, 7) is 10.9. The number of aliphatic imine (C=N–C) groups is 1. The molecule has 0 amide bonds. The number of rotatable bonds is 12. The number of unbranched alkanes of at least 4 members (excludes halogenated alkanes) is 1. The van der Waals surface area contributed by atoms with Crippen LogP contribution in [0.1, 0.15) is 39.5 Å². The smallest absolute Gasteiger partial charge is 0.193 e. The first-order valence-corrected chi connectivity index (χ1v) is 8.93. The van der Waals surface area contributed by atoms with Crippen LogP contribution in [0.5, 0.6) is 0 Å². The molecule has 22 heavy (non-hydrogen) atoms. The number of guanidine groups is 1. The molecule has 1 rings (SSSR count). The number of hydrogen-bond acceptors (Lipinski definition) is 3. The van der Waals surface area contributed by atoms with Gasteiger partial charge in [0.15, 0.2) is 5.96 Å². The Hall–Kier alpha value is -0.810. The van der Waals surface area contributed by atoms with Crippen LogP contribution in [0.2, 0.25) is 0 Å². The molecule has 1 fully saturated rings. The van der Waals surface area contributed by atoms with Crippen LogP contribution in [-0.4, -0.2) is 75.8 Å². The highest BCUT2D eigenvalue weighted by Gasteiger charge is 2.21. The van der Waals surface area contributed by atoms with E-state index in [1.807, 2.05) is 0 Å². The Morgan fingerprint density at radius 1 is 1.18 bits per heavy atom. The number of hydrogen-bond donors (Lipinski definition) is 1. The Kier molecular flexibility index (Phi) is 10.2. The predicted molar refractivity (Wildman–Crippen MR) is 94.6 cm³/mol. The fourth-order valence-corrected chi connectivity index (χ4v) is 2.18. The average molecular weight is 313 g/mol. The maximum Gasteiger partial charge on any atom is 0.193 e. The second-order valence-electron chi connectivity index (χ2n) is 6.33. The van der Waals surface area contributed by atoms with Crippen molar-refractivity contribution >= 4 is 5.96 Å². The molecule has 1 aliphatic carbocycles. The van der Waals surface area contributed by atoms with Gasteiger partial charge in [0.05, 0.1) is 13.2 Å². The highest BCUT2D eigenvalue weighted by molar-refractivity contribution is 5.79. The van der Waals surface area contributed by atoms with Gasteiger partial charge in [-0.15, -0.1) is 0 Å². The van der Waals surface area contributed by atoms with E-state index in [0.29, 0.717) is 0 Å². The molecular weight excluding hydrogens is 276 g/mol. The van der Waals surface area contributed by atoms with Gasteiger partial charge < -0.3 is 19.9 Å². The van der Waals surface area contributed by atoms with E-state index in [1.165, 1.54) is 25.7 Å². The van der Waals surface area contributed by atoms with E-state index in [2.05, 4.69) is 43.1 Å². The summed E-state index contributed by atoms with van der Waals surface area (Å²) in [4.78, 5) is 9.25. The molecule has 0 atom stereocenters. The third kappa shape index (κ3) is 9.26. The zero-order valence-corrected chi connectivity index (χ0v) is 15.1. The van der Waals surface area contributed by atoms with Crippen molar-refractivity contribution in [1.82, 2.24) is 15.1 Å². The molecule has 1 saturated carbocycles. The highest BCUT2D eigenvalue weighted by atomic mass is 16.5. The van der Waals surface area contributed by atoms with Crippen LogP contribution in [0.15, 0.2) is 4.99 Å². The van der Waals surface area contributed by atoms with Crippen molar-refractivity contribution in [3.8, 4) is 0 Å². The zero-order valence-electron chi connectivity index (χ0n) is 15.1. The molecule has 0 bridgehead atoms. The molecule has 0 radical (unpaired) electrons. The maximum atomic E-state index is 5.71. The monoisotopic (exact) mass is 312 g/mol. The van der Waals surface area contributed by atoms with Gasteiger partial charge in [-0.3, -0.25) is 4.99 Å². The summed E-state index contributed by atoms with van der Waals surface area (Å²) in [5.74, 6) is 1.83. The van der Waals surface area contributed by atoms with E-state index in [4.69, 9.17) is 9.73 Å². The van der Waals surface area contributed by atoms with Crippen molar-refractivity contribution in [2.24, 2.45) is 10.9 Å². The quantitative estimate of drug-likeness (QED) is 0.340. The lowest BCUT2D eigenvalue weighted by molar-refractivity contribution is 0.115. The van der Waals surface area contributed by atoms with E-state index >= 15 is 0 Å². The normalized spacial score (nSPS) is 15.4. The fraction of sp³-hybridized carbons (Fsp3) is 0.941. The number of likely N-dealkylation sites (N-methyl/N-ethyl adjacent to an activating group) is 2. The summed E-state index contributed by atoms with van der Waals surface area (Å²) >= 11 is 0. The molecule has 0 aromatic rings.